The molecule has 0 saturated carbocycles. The second-order valence-electron chi connectivity index (χ2n) is 5.01. The van der Waals surface area contributed by atoms with Gasteiger partial charge in [0.1, 0.15) is 0 Å². The first-order valence-corrected chi connectivity index (χ1v) is 5.74. The van der Waals surface area contributed by atoms with Gasteiger partial charge in [-0.3, -0.25) is 4.79 Å². The lowest BCUT2D eigenvalue weighted by molar-refractivity contribution is -0.111. The highest BCUT2D eigenvalue weighted by Gasteiger charge is 2.10. The minimum Gasteiger partial charge on any atom is -0.290 e. The van der Waals surface area contributed by atoms with Crippen molar-refractivity contribution < 1.29 is 4.79 Å². The van der Waals surface area contributed by atoms with Crippen LogP contribution >= 0.6 is 0 Å². The van der Waals surface area contributed by atoms with Crippen LogP contribution in [0.3, 0.4) is 0 Å². The SMILES string of the molecule is CC1=C=CC(C)(C)/C=C/C(=O)/C(C)=C/CC1. The third kappa shape index (κ3) is 4.04. The van der Waals surface area contributed by atoms with Gasteiger partial charge < -0.3 is 0 Å². The van der Waals surface area contributed by atoms with Crippen LogP contribution in [0.2, 0.25) is 0 Å². The smallest absolute Gasteiger partial charge is 0.180 e. The zero-order valence-corrected chi connectivity index (χ0v) is 10.6. The Bertz CT molecular complexity index is 399. The Morgan fingerprint density at radius 3 is 2.69 bits per heavy atom. The fourth-order valence-corrected chi connectivity index (χ4v) is 1.46. The molecule has 0 aromatic rings. The summed E-state index contributed by atoms with van der Waals surface area (Å²) in [5.41, 5.74) is 5.26. The summed E-state index contributed by atoms with van der Waals surface area (Å²) in [7, 11) is 0. The molecule has 16 heavy (non-hydrogen) atoms. The monoisotopic (exact) mass is 216 g/mol. The molecule has 0 radical (unpaired) electrons. The summed E-state index contributed by atoms with van der Waals surface area (Å²) in [4.78, 5) is 11.7. The minimum atomic E-state index is -0.110. The van der Waals surface area contributed by atoms with Gasteiger partial charge >= 0.3 is 0 Å². The van der Waals surface area contributed by atoms with E-state index in [0.29, 0.717) is 0 Å². The summed E-state index contributed by atoms with van der Waals surface area (Å²) in [5.74, 6) is 0.112. The molecular weight excluding hydrogens is 196 g/mol. The summed E-state index contributed by atoms with van der Waals surface area (Å²) < 4.78 is 0. The summed E-state index contributed by atoms with van der Waals surface area (Å²) in [6.07, 6.45) is 9.54. The van der Waals surface area contributed by atoms with Gasteiger partial charge in [0, 0.05) is 5.41 Å². The average molecular weight is 216 g/mol. The number of hydrogen-bond acceptors (Lipinski definition) is 1. The molecule has 0 unspecified atom stereocenters. The molecule has 1 rings (SSSR count). The normalized spacial score (nSPS) is 26.4. The second-order valence-corrected chi connectivity index (χ2v) is 5.01. The van der Waals surface area contributed by atoms with Crippen molar-refractivity contribution in [1.29, 1.82) is 0 Å². The molecule has 0 fully saturated rings. The number of carbonyl (C=O) groups excluding carboxylic acids is 1. The van der Waals surface area contributed by atoms with Crippen LogP contribution in [-0.4, -0.2) is 5.78 Å². The van der Waals surface area contributed by atoms with Crippen LogP contribution in [0, 0.1) is 5.41 Å². The van der Waals surface area contributed by atoms with E-state index in [-0.39, 0.29) is 11.2 Å². The number of carbonyl (C=O) groups is 1. The standard InChI is InChI=1S/C15H20O/c1-12-6-5-7-13(2)14(16)9-11-15(3,4)10-8-12/h7,9-11H,5-6H2,1-4H3/b11-9+,13-7+. The predicted molar refractivity (Wildman–Crippen MR) is 68.2 cm³/mol. The summed E-state index contributed by atoms with van der Waals surface area (Å²) in [6, 6.07) is 0. The van der Waals surface area contributed by atoms with Gasteiger partial charge in [-0.2, -0.15) is 0 Å². The summed E-state index contributed by atoms with van der Waals surface area (Å²) >= 11 is 0. The van der Waals surface area contributed by atoms with Gasteiger partial charge in [0.2, 0.25) is 0 Å². The molecule has 0 aliphatic heterocycles. The van der Waals surface area contributed by atoms with Crippen LogP contribution < -0.4 is 0 Å². The average Bonchev–Trinajstić information content (AvgIpc) is 2.23. The first-order chi connectivity index (χ1) is 7.41. The maximum atomic E-state index is 11.7. The Morgan fingerprint density at radius 1 is 1.31 bits per heavy atom. The van der Waals surface area contributed by atoms with Gasteiger partial charge in [0.15, 0.2) is 5.78 Å². The fraction of sp³-hybridized carbons (Fsp3) is 0.467. The topological polar surface area (TPSA) is 17.1 Å². The van der Waals surface area contributed by atoms with E-state index < -0.39 is 0 Å². The number of rotatable bonds is 0. The lowest BCUT2D eigenvalue weighted by Crippen LogP contribution is -2.04. The van der Waals surface area contributed by atoms with Crippen molar-refractivity contribution in [3.05, 3.63) is 41.2 Å². The van der Waals surface area contributed by atoms with E-state index in [9.17, 15) is 4.79 Å². The largest absolute Gasteiger partial charge is 0.290 e. The van der Waals surface area contributed by atoms with Crippen LogP contribution in [0.5, 0.6) is 0 Å². The number of ketones is 1. The molecule has 1 heteroatoms. The van der Waals surface area contributed by atoms with E-state index >= 15 is 0 Å². The molecular formula is C15H20O. The molecule has 1 aliphatic rings. The van der Waals surface area contributed by atoms with Gasteiger partial charge in [-0.1, -0.05) is 26.0 Å². The van der Waals surface area contributed by atoms with Gasteiger partial charge in [-0.25, -0.2) is 0 Å². The van der Waals surface area contributed by atoms with Gasteiger partial charge in [-0.15, -0.1) is 5.73 Å². The highest BCUT2D eigenvalue weighted by molar-refractivity contribution is 6.03. The third-order valence-corrected chi connectivity index (χ3v) is 2.71. The molecule has 1 nitrogen and oxygen atoms in total. The van der Waals surface area contributed by atoms with E-state index in [1.54, 1.807) is 6.08 Å². The molecule has 0 spiro atoms. The lowest BCUT2D eigenvalue weighted by Gasteiger charge is -2.12. The maximum Gasteiger partial charge on any atom is 0.180 e. The quantitative estimate of drug-likeness (QED) is 0.560. The summed E-state index contributed by atoms with van der Waals surface area (Å²) in [6.45, 7) is 8.12. The molecule has 0 heterocycles. The van der Waals surface area contributed by atoms with Crippen LogP contribution in [0.15, 0.2) is 41.2 Å². The second kappa shape index (κ2) is 5.14. The van der Waals surface area contributed by atoms with Crippen LogP contribution in [0.4, 0.5) is 0 Å². The van der Waals surface area contributed by atoms with E-state index in [2.05, 4.69) is 26.5 Å². The van der Waals surface area contributed by atoms with Crippen molar-refractivity contribution in [3.8, 4) is 0 Å². The highest BCUT2D eigenvalue weighted by atomic mass is 16.1. The van der Waals surface area contributed by atoms with Crippen molar-refractivity contribution >= 4 is 5.78 Å². The van der Waals surface area contributed by atoms with Crippen molar-refractivity contribution in [2.24, 2.45) is 5.41 Å². The summed E-state index contributed by atoms with van der Waals surface area (Å²) in [5, 5.41) is 0. The molecule has 0 atom stereocenters. The Morgan fingerprint density at radius 2 is 2.00 bits per heavy atom. The maximum absolute atomic E-state index is 11.7. The van der Waals surface area contributed by atoms with Crippen LogP contribution in [0.25, 0.3) is 0 Å². The molecule has 86 valence electrons. The highest BCUT2D eigenvalue weighted by Crippen LogP contribution is 2.20. The Balaban J connectivity index is 3.09. The Kier molecular flexibility index (Phi) is 4.09. The third-order valence-electron chi connectivity index (χ3n) is 2.71. The molecule has 0 amide bonds. The van der Waals surface area contributed by atoms with Crippen molar-refractivity contribution in [2.75, 3.05) is 0 Å². The Labute approximate surface area is 98.2 Å². The number of hydrogen-bond donors (Lipinski definition) is 0. The van der Waals surface area contributed by atoms with E-state index in [1.165, 1.54) is 5.57 Å². The van der Waals surface area contributed by atoms with E-state index in [0.717, 1.165) is 18.4 Å². The predicted octanol–water partition coefficient (Wildman–Crippen LogP) is 3.98. The zero-order chi connectivity index (χ0) is 12.2. The van der Waals surface area contributed by atoms with Gasteiger partial charge in [-0.05, 0) is 50.0 Å². The van der Waals surface area contributed by atoms with Crippen LogP contribution in [-0.2, 0) is 4.79 Å². The molecule has 0 bridgehead atoms. The van der Waals surface area contributed by atoms with Crippen molar-refractivity contribution in [2.45, 2.75) is 40.5 Å². The molecule has 0 aromatic carbocycles. The lowest BCUT2D eigenvalue weighted by atomic mass is 9.92. The van der Waals surface area contributed by atoms with Crippen molar-refractivity contribution in [1.82, 2.24) is 0 Å². The van der Waals surface area contributed by atoms with Crippen LogP contribution in [0.1, 0.15) is 40.5 Å². The minimum absolute atomic E-state index is 0.110. The fourth-order valence-electron chi connectivity index (χ4n) is 1.46. The van der Waals surface area contributed by atoms with E-state index in [4.69, 9.17) is 0 Å². The molecule has 1 aliphatic carbocycles. The van der Waals surface area contributed by atoms with Crippen molar-refractivity contribution in [3.63, 3.8) is 0 Å². The van der Waals surface area contributed by atoms with Gasteiger partial charge in [0.05, 0.1) is 0 Å². The molecule has 0 saturated heterocycles. The number of allylic oxidation sites excluding steroid dienone is 5. The van der Waals surface area contributed by atoms with Gasteiger partial charge in [0.25, 0.3) is 0 Å². The molecule has 0 N–H and O–H groups in total. The first kappa shape index (κ1) is 12.7. The molecule has 0 aromatic heterocycles. The zero-order valence-electron chi connectivity index (χ0n) is 10.6. The van der Waals surface area contributed by atoms with E-state index in [1.807, 2.05) is 25.2 Å². The Hall–Kier alpha value is -1.33. The first-order valence-electron chi connectivity index (χ1n) is 5.74.